The fourth-order valence-electron chi connectivity index (χ4n) is 2.86. The van der Waals surface area contributed by atoms with Gasteiger partial charge in [-0.05, 0) is 48.5 Å². The van der Waals surface area contributed by atoms with Crippen LogP contribution in [0.3, 0.4) is 0 Å². The summed E-state index contributed by atoms with van der Waals surface area (Å²) in [5, 5.41) is 5.83. The predicted molar refractivity (Wildman–Crippen MR) is 106 cm³/mol. The van der Waals surface area contributed by atoms with Crippen molar-refractivity contribution in [3.63, 3.8) is 0 Å². The number of carbonyl (C=O) groups excluding carboxylic acids is 2. The number of para-hydroxylation sites is 3. The van der Waals surface area contributed by atoms with Gasteiger partial charge >= 0.3 is 5.97 Å². The van der Waals surface area contributed by atoms with Crippen molar-refractivity contribution in [1.29, 1.82) is 0 Å². The van der Waals surface area contributed by atoms with E-state index in [1.165, 1.54) is 0 Å². The first kappa shape index (κ1) is 17.6. The molecule has 0 fully saturated rings. The monoisotopic (exact) mass is 374 g/mol. The first-order valence-electron chi connectivity index (χ1n) is 8.87. The van der Waals surface area contributed by atoms with Crippen molar-refractivity contribution in [2.75, 3.05) is 10.6 Å². The zero-order chi connectivity index (χ0) is 19.3. The number of hydrogen-bond acceptors (Lipinski definition) is 5. The van der Waals surface area contributed by atoms with Crippen molar-refractivity contribution in [2.24, 2.45) is 0 Å². The summed E-state index contributed by atoms with van der Waals surface area (Å²) in [6.07, 6.45) is -0.0323. The molecule has 1 atom stereocenters. The van der Waals surface area contributed by atoms with Gasteiger partial charge < -0.3 is 20.1 Å². The Labute approximate surface area is 162 Å². The summed E-state index contributed by atoms with van der Waals surface area (Å²) in [6, 6.07) is 22.9. The van der Waals surface area contributed by atoms with Gasteiger partial charge in [0.15, 0.2) is 5.75 Å². The largest absolute Gasteiger partial charge is 0.457 e. The number of anilines is 2. The number of hydrogen-bond donors (Lipinski definition) is 2. The first-order valence-corrected chi connectivity index (χ1v) is 8.87. The maximum atomic E-state index is 12.3. The van der Waals surface area contributed by atoms with Crippen LogP contribution in [-0.4, -0.2) is 17.9 Å². The van der Waals surface area contributed by atoms with Crippen molar-refractivity contribution in [3.05, 3.63) is 78.9 Å². The van der Waals surface area contributed by atoms with Crippen molar-refractivity contribution in [2.45, 2.75) is 12.5 Å². The fourth-order valence-corrected chi connectivity index (χ4v) is 2.86. The Morgan fingerprint density at radius 2 is 1.61 bits per heavy atom. The van der Waals surface area contributed by atoms with Crippen molar-refractivity contribution in [3.8, 4) is 17.2 Å². The number of nitrogens with one attached hydrogen (secondary N) is 2. The summed E-state index contributed by atoms with van der Waals surface area (Å²) in [6.45, 7) is 0. The number of benzene rings is 3. The van der Waals surface area contributed by atoms with E-state index in [1.54, 1.807) is 42.5 Å². The second-order valence-electron chi connectivity index (χ2n) is 6.31. The Morgan fingerprint density at radius 1 is 0.929 bits per heavy atom. The van der Waals surface area contributed by atoms with E-state index in [9.17, 15) is 9.59 Å². The fraction of sp³-hybridized carbons (Fsp3) is 0.0909. The van der Waals surface area contributed by atoms with Crippen LogP contribution in [0, 0.1) is 0 Å². The molecule has 0 aromatic heterocycles. The molecule has 3 aromatic carbocycles. The van der Waals surface area contributed by atoms with Crippen LogP contribution < -0.4 is 20.1 Å². The van der Waals surface area contributed by atoms with E-state index >= 15 is 0 Å². The van der Waals surface area contributed by atoms with Gasteiger partial charge in [0.05, 0.1) is 12.1 Å². The van der Waals surface area contributed by atoms with E-state index in [1.807, 2.05) is 36.4 Å². The molecule has 0 spiro atoms. The Kier molecular flexibility index (Phi) is 4.93. The highest BCUT2D eigenvalue weighted by atomic mass is 16.5. The molecule has 0 saturated carbocycles. The molecule has 1 aliphatic rings. The van der Waals surface area contributed by atoms with Gasteiger partial charge in [-0.3, -0.25) is 4.79 Å². The smallest absolute Gasteiger partial charge is 0.334 e. The van der Waals surface area contributed by atoms with Gasteiger partial charge in [-0.25, -0.2) is 4.79 Å². The molecule has 0 bridgehead atoms. The minimum Gasteiger partial charge on any atom is -0.457 e. The van der Waals surface area contributed by atoms with Crippen molar-refractivity contribution < 1.29 is 19.1 Å². The molecule has 6 nitrogen and oxygen atoms in total. The molecule has 1 aliphatic heterocycles. The zero-order valence-electron chi connectivity index (χ0n) is 14.9. The molecular formula is C22H18N2O4. The van der Waals surface area contributed by atoms with Crippen LogP contribution in [0.1, 0.15) is 6.42 Å². The summed E-state index contributed by atoms with van der Waals surface area (Å²) < 4.78 is 11.0. The van der Waals surface area contributed by atoms with E-state index in [4.69, 9.17) is 9.47 Å². The van der Waals surface area contributed by atoms with Crippen LogP contribution in [0.25, 0.3) is 0 Å². The van der Waals surface area contributed by atoms with Gasteiger partial charge in [0, 0.05) is 5.69 Å². The van der Waals surface area contributed by atoms with E-state index < -0.39 is 12.0 Å². The van der Waals surface area contributed by atoms with E-state index in [0.717, 1.165) is 5.75 Å². The third-order valence-electron chi connectivity index (χ3n) is 4.22. The zero-order valence-corrected chi connectivity index (χ0v) is 14.9. The molecule has 4 rings (SSSR count). The topological polar surface area (TPSA) is 76.7 Å². The van der Waals surface area contributed by atoms with Crippen molar-refractivity contribution in [1.82, 2.24) is 0 Å². The number of rotatable bonds is 5. The maximum Gasteiger partial charge on any atom is 0.334 e. The summed E-state index contributed by atoms with van der Waals surface area (Å²) in [5.41, 5.74) is 1.32. The third-order valence-corrected chi connectivity index (χ3v) is 4.22. The van der Waals surface area contributed by atoms with Crippen molar-refractivity contribution >= 4 is 23.3 Å². The molecule has 0 radical (unpaired) electrons. The van der Waals surface area contributed by atoms with E-state index in [2.05, 4.69) is 10.6 Å². The van der Waals surface area contributed by atoms with Crippen LogP contribution in [0.15, 0.2) is 78.9 Å². The molecule has 3 aromatic rings. The SMILES string of the molecule is O=C(CC1Nc2ccccc2OC1=O)Nc1ccc(Oc2ccccc2)cc1. The molecule has 1 unspecified atom stereocenters. The summed E-state index contributed by atoms with van der Waals surface area (Å²) >= 11 is 0. The number of ether oxygens (including phenoxy) is 2. The lowest BCUT2D eigenvalue weighted by molar-refractivity contribution is -0.137. The van der Waals surface area contributed by atoms with Gasteiger partial charge in [-0.2, -0.15) is 0 Å². The minimum atomic E-state index is -0.726. The number of amides is 1. The Hall–Kier alpha value is -3.80. The van der Waals surface area contributed by atoms with E-state index in [-0.39, 0.29) is 12.3 Å². The van der Waals surface area contributed by atoms with Gasteiger partial charge in [0.1, 0.15) is 17.5 Å². The van der Waals surface area contributed by atoms with Crippen LogP contribution in [0.2, 0.25) is 0 Å². The second-order valence-corrected chi connectivity index (χ2v) is 6.31. The first-order chi connectivity index (χ1) is 13.7. The lowest BCUT2D eigenvalue weighted by Crippen LogP contribution is -2.39. The molecule has 140 valence electrons. The molecular weight excluding hydrogens is 356 g/mol. The lowest BCUT2D eigenvalue weighted by atomic mass is 10.1. The number of carbonyl (C=O) groups is 2. The van der Waals surface area contributed by atoms with Crippen LogP contribution in [0.4, 0.5) is 11.4 Å². The van der Waals surface area contributed by atoms with Crippen LogP contribution in [-0.2, 0) is 9.59 Å². The Morgan fingerprint density at radius 3 is 2.39 bits per heavy atom. The standard InChI is InChI=1S/C22H18N2O4/c25-21(14-19-22(26)28-20-9-5-4-8-18(20)24-19)23-15-10-12-17(13-11-15)27-16-6-2-1-3-7-16/h1-13,19,24H,14H2,(H,23,25). The normalized spacial score (nSPS) is 15.0. The second kappa shape index (κ2) is 7.84. The average molecular weight is 374 g/mol. The minimum absolute atomic E-state index is 0.0323. The summed E-state index contributed by atoms with van der Waals surface area (Å²) in [5.74, 6) is 1.11. The molecule has 0 saturated heterocycles. The third kappa shape index (κ3) is 4.12. The average Bonchev–Trinajstić information content (AvgIpc) is 2.71. The molecule has 1 amide bonds. The van der Waals surface area contributed by atoms with Gasteiger partial charge in [-0.1, -0.05) is 30.3 Å². The molecule has 0 aliphatic carbocycles. The van der Waals surface area contributed by atoms with Gasteiger partial charge in [0.25, 0.3) is 0 Å². The van der Waals surface area contributed by atoms with Gasteiger partial charge in [0.2, 0.25) is 5.91 Å². The number of fused-ring (bicyclic) bond motifs is 1. The van der Waals surface area contributed by atoms with Crippen LogP contribution in [0.5, 0.6) is 17.2 Å². The quantitative estimate of drug-likeness (QED) is 0.517. The van der Waals surface area contributed by atoms with E-state index in [0.29, 0.717) is 22.9 Å². The number of esters is 1. The highest BCUT2D eigenvalue weighted by molar-refractivity contribution is 5.97. The maximum absolute atomic E-state index is 12.3. The Balaban J connectivity index is 1.34. The predicted octanol–water partition coefficient (Wildman–Crippen LogP) is 4.21. The molecule has 1 heterocycles. The summed E-state index contributed by atoms with van der Waals surface area (Å²) in [4.78, 5) is 24.4. The van der Waals surface area contributed by atoms with Crippen LogP contribution >= 0.6 is 0 Å². The molecule has 28 heavy (non-hydrogen) atoms. The highest BCUT2D eigenvalue weighted by Crippen LogP contribution is 2.29. The molecule has 2 N–H and O–H groups in total. The van der Waals surface area contributed by atoms with Gasteiger partial charge in [-0.15, -0.1) is 0 Å². The molecule has 6 heteroatoms. The highest BCUT2D eigenvalue weighted by Gasteiger charge is 2.29. The summed E-state index contributed by atoms with van der Waals surface area (Å²) in [7, 11) is 0. The Bertz CT molecular complexity index is 987. The lowest BCUT2D eigenvalue weighted by Gasteiger charge is -2.25.